The second-order valence-electron chi connectivity index (χ2n) is 6.86. The number of aromatic nitrogens is 1. The van der Waals surface area contributed by atoms with Crippen molar-refractivity contribution in [1.82, 2.24) is 9.88 Å². The first-order valence-electron chi connectivity index (χ1n) is 8.56. The summed E-state index contributed by atoms with van der Waals surface area (Å²) in [6.45, 7) is 1.78. The summed E-state index contributed by atoms with van der Waals surface area (Å²) in [7, 11) is 1.42. The molecule has 5 nitrogen and oxygen atoms in total. The van der Waals surface area contributed by atoms with E-state index in [9.17, 15) is 13.9 Å². The lowest BCUT2D eigenvalue weighted by atomic mass is 9.84. The predicted octanol–water partition coefficient (Wildman–Crippen LogP) is 3.46. The van der Waals surface area contributed by atoms with Crippen LogP contribution in [0, 0.1) is 11.6 Å². The van der Waals surface area contributed by atoms with Crippen LogP contribution in [0.4, 0.5) is 17.6 Å². The van der Waals surface area contributed by atoms with Gasteiger partial charge in [0.25, 0.3) is 6.54 Å². The van der Waals surface area contributed by atoms with Crippen molar-refractivity contribution in [2.75, 3.05) is 20.1 Å². The Balaban J connectivity index is 2.04. The molecule has 3 rings (SSSR count). The van der Waals surface area contributed by atoms with Crippen LogP contribution in [-0.4, -0.2) is 51.9 Å². The molecule has 0 aliphatic carbocycles. The van der Waals surface area contributed by atoms with Crippen LogP contribution < -0.4 is 0 Å². The first kappa shape index (κ1) is 21.4. The molecule has 1 atom stereocenters. The van der Waals surface area contributed by atoms with Gasteiger partial charge in [0.15, 0.2) is 11.9 Å². The number of rotatable bonds is 7. The van der Waals surface area contributed by atoms with Crippen LogP contribution in [0.1, 0.15) is 18.2 Å². The van der Waals surface area contributed by atoms with Crippen LogP contribution in [0.25, 0.3) is 0 Å². The maximum absolute atomic E-state index is 15.5. The third-order valence-electron chi connectivity index (χ3n) is 4.53. The summed E-state index contributed by atoms with van der Waals surface area (Å²) in [5, 5.41) is 15.2. The molecule has 0 radical (unpaired) electrons. The van der Waals surface area contributed by atoms with Gasteiger partial charge in [-0.05, 0) is 40.2 Å². The van der Waals surface area contributed by atoms with Crippen molar-refractivity contribution in [2.24, 2.45) is 5.10 Å². The van der Waals surface area contributed by atoms with E-state index < -0.39 is 41.0 Å². The van der Waals surface area contributed by atoms with Crippen LogP contribution in [0.2, 0.25) is 0 Å². The predicted molar refractivity (Wildman–Crippen MR) is 103 cm³/mol. The zero-order valence-electron chi connectivity index (χ0n) is 15.6. The Morgan fingerprint density at radius 3 is 2.55 bits per heavy atom. The number of hydrogen-bond acceptors (Lipinski definition) is 3. The standard InChI is InChI=1S/C19H18BrF4N4O/c1-12-9-28(12)26-11-27(2)10-18(29,15-5-4-14(21)7-16(15)22)19(23,24)17-6-3-13(20)8-25-17/h3-8,11,29H,9-10H2,1-2H3/q+1. The molecule has 0 saturated heterocycles. The summed E-state index contributed by atoms with van der Waals surface area (Å²) in [5.41, 5.74) is -3.56. The molecule has 154 valence electrons. The second-order valence-corrected chi connectivity index (χ2v) is 7.78. The highest BCUT2D eigenvalue weighted by Gasteiger charge is 2.57. The monoisotopic (exact) mass is 473 g/mol. The molecule has 0 fully saturated rings. The van der Waals surface area contributed by atoms with Crippen LogP contribution in [0.5, 0.6) is 0 Å². The Hall–Kier alpha value is -2.33. The van der Waals surface area contributed by atoms with Gasteiger partial charge in [-0.1, -0.05) is 4.68 Å². The summed E-state index contributed by atoms with van der Waals surface area (Å²) >= 11 is 3.11. The van der Waals surface area contributed by atoms with Crippen molar-refractivity contribution < 1.29 is 27.4 Å². The Morgan fingerprint density at radius 1 is 1.31 bits per heavy atom. The van der Waals surface area contributed by atoms with E-state index in [0.29, 0.717) is 17.1 Å². The van der Waals surface area contributed by atoms with Gasteiger partial charge in [-0.2, -0.15) is 8.78 Å². The van der Waals surface area contributed by atoms with Gasteiger partial charge in [0.2, 0.25) is 5.71 Å². The SMILES string of the molecule is CC1=[N+](N=CN(C)CC(O)(c2ccc(F)cc2F)C(F)(F)c2ccc(Br)cn2)C1. The molecule has 0 spiro atoms. The van der Waals surface area contributed by atoms with Gasteiger partial charge in [0.05, 0.1) is 6.54 Å². The summed E-state index contributed by atoms with van der Waals surface area (Å²) in [6, 6.07) is 4.44. The highest BCUT2D eigenvalue weighted by atomic mass is 79.9. The highest BCUT2D eigenvalue weighted by molar-refractivity contribution is 9.10. The summed E-state index contributed by atoms with van der Waals surface area (Å²) in [4.78, 5) is 4.88. The van der Waals surface area contributed by atoms with Crippen molar-refractivity contribution in [2.45, 2.75) is 18.4 Å². The summed E-state index contributed by atoms with van der Waals surface area (Å²) in [5.74, 6) is -6.23. The Labute approximate surface area is 173 Å². The Kier molecular flexibility index (Phi) is 5.77. The van der Waals surface area contributed by atoms with Gasteiger partial charge in [-0.15, -0.1) is 0 Å². The van der Waals surface area contributed by atoms with E-state index >= 15 is 8.78 Å². The normalized spacial score (nSPS) is 16.3. The minimum atomic E-state index is -4.00. The van der Waals surface area contributed by atoms with E-state index in [4.69, 9.17) is 0 Å². The molecule has 2 heterocycles. The number of aliphatic hydroxyl groups is 1. The molecule has 2 aromatic rings. The number of likely N-dealkylation sites (N-methyl/N-ethyl adjacent to an activating group) is 1. The zero-order valence-corrected chi connectivity index (χ0v) is 17.2. The highest BCUT2D eigenvalue weighted by Crippen LogP contribution is 2.46. The van der Waals surface area contributed by atoms with Crippen molar-refractivity contribution in [3.63, 3.8) is 0 Å². The topological polar surface area (TPSA) is 51.7 Å². The molecule has 1 aromatic heterocycles. The maximum Gasteiger partial charge on any atom is 0.323 e. The number of alkyl halides is 2. The minimum absolute atomic E-state index is 0.452. The number of pyridine rings is 1. The van der Waals surface area contributed by atoms with Crippen LogP contribution in [0.15, 0.2) is 46.1 Å². The molecular formula is C19H18BrF4N4O+. The van der Waals surface area contributed by atoms with Crippen molar-refractivity contribution in [1.29, 1.82) is 0 Å². The first-order chi connectivity index (χ1) is 13.5. The lowest BCUT2D eigenvalue weighted by Crippen LogP contribution is -2.51. The fourth-order valence-electron chi connectivity index (χ4n) is 2.82. The largest absolute Gasteiger partial charge is 0.377 e. The summed E-state index contributed by atoms with van der Waals surface area (Å²) < 4.78 is 60.8. The number of benzene rings is 1. The smallest absolute Gasteiger partial charge is 0.323 e. The second kappa shape index (κ2) is 7.83. The molecule has 29 heavy (non-hydrogen) atoms. The third-order valence-corrected chi connectivity index (χ3v) is 5.00. The molecular weight excluding hydrogens is 456 g/mol. The number of hydrogen-bond donors (Lipinski definition) is 1. The molecule has 0 amide bonds. The maximum atomic E-state index is 15.5. The quantitative estimate of drug-likeness (QED) is 0.290. The third kappa shape index (κ3) is 4.32. The van der Waals surface area contributed by atoms with Gasteiger partial charge in [0, 0.05) is 41.4 Å². The molecule has 0 saturated carbocycles. The fraction of sp³-hybridized carbons (Fsp3) is 0.316. The van der Waals surface area contributed by atoms with Gasteiger partial charge < -0.3 is 10.0 Å². The van der Waals surface area contributed by atoms with Crippen LogP contribution in [0.3, 0.4) is 0 Å². The fourth-order valence-corrected chi connectivity index (χ4v) is 3.06. The molecule has 1 N–H and O–H groups in total. The number of halogens is 5. The Bertz CT molecular complexity index is 981. The average Bonchev–Trinajstić information content (AvgIpc) is 3.35. The molecule has 0 bridgehead atoms. The van der Waals surface area contributed by atoms with Crippen LogP contribution in [-0.2, 0) is 11.5 Å². The lowest BCUT2D eigenvalue weighted by molar-refractivity contribution is -0.445. The van der Waals surface area contributed by atoms with Gasteiger partial charge in [0.1, 0.15) is 17.3 Å². The van der Waals surface area contributed by atoms with E-state index in [0.717, 1.165) is 30.1 Å². The molecule has 1 aliphatic rings. The van der Waals surface area contributed by atoms with Gasteiger partial charge in [-0.25, -0.2) is 8.78 Å². The van der Waals surface area contributed by atoms with Gasteiger partial charge >= 0.3 is 5.92 Å². The first-order valence-corrected chi connectivity index (χ1v) is 9.36. The zero-order chi connectivity index (χ0) is 21.4. The van der Waals surface area contributed by atoms with E-state index in [1.807, 2.05) is 6.92 Å². The van der Waals surface area contributed by atoms with E-state index in [1.165, 1.54) is 24.4 Å². The van der Waals surface area contributed by atoms with E-state index in [1.54, 1.807) is 4.68 Å². The number of nitrogens with zero attached hydrogens (tertiary/aromatic N) is 4. The number of hydrazone groups is 1. The van der Waals surface area contributed by atoms with Crippen molar-refractivity contribution in [3.8, 4) is 0 Å². The molecule has 10 heteroatoms. The van der Waals surface area contributed by atoms with Crippen LogP contribution >= 0.6 is 15.9 Å². The lowest BCUT2D eigenvalue weighted by Gasteiger charge is -2.38. The average molecular weight is 474 g/mol. The minimum Gasteiger partial charge on any atom is -0.377 e. The van der Waals surface area contributed by atoms with Crippen molar-refractivity contribution >= 4 is 28.0 Å². The van der Waals surface area contributed by atoms with Crippen molar-refractivity contribution in [3.05, 3.63) is 63.9 Å². The molecule has 1 unspecified atom stereocenters. The summed E-state index contributed by atoms with van der Waals surface area (Å²) in [6.07, 6.45) is 2.41. The molecule has 1 aliphatic heterocycles. The molecule has 1 aromatic carbocycles. The van der Waals surface area contributed by atoms with E-state index in [2.05, 4.69) is 26.0 Å². The van der Waals surface area contributed by atoms with Gasteiger partial charge in [-0.3, -0.25) is 4.98 Å². The van der Waals surface area contributed by atoms with E-state index in [-0.39, 0.29) is 0 Å². The Morgan fingerprint density at radius 2 is 2.00 bits per heavy atom.